The lowest BCUT2D eigenvalue weighted by molar-refractivity contribution is -0.141. The van der Waals surface area contributed by atoms with Crippen LogP contribution in [-0.4, -0.2) is 18.8 Å². The average Bonchev–Trinajstić information content (AvgIpc) is 2.13. The second-order valence-corrected chi connectivity index (χ2v) is 3.27. The molecular formula is C10H9F4NO2. The highest BCUT2D eigenvalue weighted by atomic mass is 19.4. The number of rotatable bonds is 3. The molecule has 0 atom stereocenters. The maximum atomic E-state index is 12.8. The zero-order chi connectivity index (χ0) is 13.1. The minimum Gasteiger partial charge on any atom is -0.462 e. The van der Waals surface area contributed by atoms with Crippen molar-refractivity contribution in [2.75, 3.05) is 12.3 Å². The molecule has 0 aromatic heterocycles. The molecule has 0 saturated carbocycles. The predicted molar refractivity (Wildman–Crippen MR) is 51.8 cm³/mol. The Morgan fingerprint density at radius 2 is 1.94 bits per heavy atom. The van der Waals surface area contributed by atoms with E-state index < -0.39 is 31.0 Å². The SMILES string of the molecule is Nc1cc(F)cc(C(=O)OCCC(F)(F)F)c1. The third-order valence-electron chi connectivity index (χ3n) is 1.77. The van der Waals surface area contributed by atoms with Crippen LogP contribution in [0.5, 0.6) is 0 Å². The summed E-state index contributed by atoms with van der Waals surface area (Å²) in [4.78, 5) is 11.2. The van der Waals surface area contributed by atoms with Crippen LogP contribution in [0.4, 0.5) is 23.2 Å². The number of esters is 1. The van der Waals surface area contributed by atoms with Crippen LogP contribution in [0.25, 0.3) is 0 Å². The van der Waals surface area contributed by atoms with E-state index in [1.165, 1.54) is 0 Å². The first-order valence-corrected chi connectivity index (χ1v) is 4.58. The van der Waals surface area contributed by atoms with Gasteiger partial charge in [-0.05, 0) is 18.2 Å². The van der Waals surface area contributed by atoms with E-state index in [-0.39, 0.29) is 11.3 Å². The number of benzene rings is 1. The van der Waals surface area contributed by atoms with Crippen molar-refractivity contribution in [2.24, 2.45) is 0 Å². The molecule has 0 saturated heterocycles. The van der Waals surface area contributed by atoms with Crippen LogP contribution in [0, 0.1) is 5.82 Å². The third-order valence-corrected chi connectivity index (χ3v) is 1.77. The van der Waals surface area contributed by atoms with Crippen molar-refractivity contribution >= 4 is 11.7 Å². The van der Waals surface area contributed by atoms with Gasteiger partial charge in [0.1, 0.15) is 12.4 Å². The van der Waals surface area contributed by atoms with Crippen molar-refractivity contribution in [1.29, 1.82) is 0 Å². The Labute approximate surface area is 94.2 Å². The second-order valence-electron chi connectivity index (χ2n) is 3.27. The van der Waals surface area contributed by atoms with E-state index in [4.69, 9.17) is 5.73 Å². The highest BCUT2D eigenvalue weighted by molar-refractivity contribution is 5.90. The van der Waals surface area contributed by atoms with Crippen molar-refractivity contribution < 1.29 is 27.1 Å². The fraction of sp³-hybridized carbons (Fsp3) is 0.300. The molecule has 0 aliphatic heterocycles. The van der Waals surface area contributed by atoms with Crippen LogP contribution < -0.4 is 5.73 Å². The Hall–Kier alpha value is -1.79. The van der Waals surface area contributed by atoms with Crippen molar-refractivity contribution in [2.45, 2.75) is 12.6 Å². The van der Waals surface area contributed by atoms with Crippen LogP contribution >= 0.6 is 0 Å². The number of hydrogen-bond acceptors (Lipinski definition) is 3. The number of ether oxygens (including phenoxy) is 1. The van der Waals surface area contributed by atoms with E-state index in [2.05, 4.69) is 4.74 Å². The number of halogens is 4. The number of anilines is 1. The van der Waals surface area contributed by atoms with Crippen LogP contribution in [-0.2, 0) is 4.74 Å². The number of nitrogens with two attached hydrogens (primary N) is 1. The monoisotopic (exact) mass is 251 g/mol. The summed E-state index contributed by atoms with van der Waals surface area (Å²) in [7, 11) is 0. The smallest absolute Gasteiger partial charge is 0.392 e. The van der Waals surface area contributed by atoms with Gasteiger partial charge in [0.15, 0.2) is 0 Å². The van der Waals surface area contributed by atoms with Crippen molar-refractivity contribution in [3.8, 4) is 0 Å². The lowest BCUT2D eigenvalue weighted by atomic mass is 10.2. The van der Waals surface area contributed by atoms with Crippen LogP contribution in [0.1, 0.15) is 16.8 Å². The molecule has 3 nitrogen and oxygen atoms in total. The number of carbonyl (C=O) groups excluding carboxylic acids is 1. The van der Waals surface area contributed by atoms with Crippen LogP contribution in [0.3, 0.4) is 0 Å². The fourth-order valence-corrected chi connectivity index (χ4v) is 1.07. The molecule has 2 N–H and O–H groups in total. The van der Waals surface area contributed by atoms with Crippen molar-refractivity contribution in [1.82, 2.24) is 0 Å². The van der Waals surface area contributed by atoms with Crippen molar-refractivity contribution in [3.05, 3.63) is 29.6 Å². The standard InChI is InChI=1S/C10H9F4NO2/c11-7-3-6(4-8(15)5-7)9(16)17-2-1-10(12,13)14/h3-5H,1-2,15H2. The third kappa shape index (κ3) is 4.71. The summed E-state index contributed by atoms with van der Waals surface area (Å²) in [5.41, 5.74) is 5.04. The zero-order valence-corrected chi connectivity index (χ0v) is 8.55. The summed E-state index contributed by atoms with van der Waals surface area (Å²) in [6, 6.07) is 2.94. The van der Waals surface area contributed by atoms with E-state index in [0.29, 0.717) is 0 Å². The van der Waals surface area contributed by atoms with Gasteiger partial charge in [0.2, 0.25) is 0 Å². The number of hydrogen-bond donors (Lipinski definition) is 1. The first-order chi connectivity index (χ1) is 7.78. The fourth-order valence-electron chi connectivity index (χ4n) is 1.07. The van der Waals surface area contributed by atoms with Gasteiger partial charge in [-0.1, -0.05) is 0 Å². The van der Waals surface area contributed by atoms with Gasteiger partial charge in [-0.2, -0.15) is 13.2 Å². The van der Waals surface area contributed by atoms with E-state index in [1.54, 1.807) is 0 Å². The summed E-state index contributed by atoms with van der Waals surface area (Å²) in [6.45, 7) is -0.807. The summed E-state index contributed by atoms with van der Waals surface area (Å²) < 4.78 is 52.5. The minimum atomic E-state index is -4.40. The van der Waals surface area contributed by atoms with Crippen molar-refractivity contribution in [3.63, 3.8) is 0 Å². The van der Waals surface area contributed by atoms with E-state index in [9.17, 15) is 22.4 Å². The van der Waals surface area contributed by atoms with E-state index in [0.717, 1.165) is 18.2 Å². The first kappa shape index (κ1) is 13.3. The van der Waals surface area contributed by atoms with Gasteiger partial charge in [0, 0.05) is 5.69 Å². The maximum Gasteiger partial charge on any atom is 0.392 e. The molecule has 0 spiro atoms. The summed E-state index contributed by atoms with van der Waals surface area (Å²) in [5, 5.41) is 0. The van der Waals surface area contributed by atoms with Gasteiger partial charge in [-0.25, -0.2) is 9.18 Å². The minimum absolute atomic E-state index is 0.00669. The highest BCUT2D eigenvalue weighted by Crippen LogP contribution is 2.19. The number of alkyl halides is 3. The van der Waals surface area contributed by atoms with E-state index in [1.807, 2.05) is 0 Å². The maximum absolute atomic E-state index is 12.8. The van der Waals surface area contributed by atoms with Gasteiger partial charge in [0.25, 0.3) is 0 Å². The zero-order valence-electron chi connectivity index (χ0n) is 8.55. The highest BCUT2D eigenvalue weighted by Gasteiger charge is 2.27. The molecule has 7 heteroatoms. The molecule has 0 heterocycles. The average molecular weight is 251 g/mol. The molecule has 0 aliphatic rings. The van der Waals surface area contributed by atoms with E-state index >= 15 is 0 Å². The Kier molecular flexibility index (Phi) is 3.93. The summed E-state index contributed by atoms with van der Waals surface area (Å²) in [6.07, 6.45) is -5.65. The van der Waals surface area contributed by atoms with Gasteiger partial charge in [-0.3, -0.25) is 0 Å². The number of carbonyl (C=O) groups is 1. The molecule has 0 bridgehead atoms. The summed E-state index contributed by atoms with van der Waals surface area (Å²) in [5.74, 6) is -1.80. The van der Waals surface area contributed by atoms with Gasteiger partial charge >= 0.3 is 12.1 Å². The molecule has 0 radical (unpaired) electrons. The van der Waals surface area contributed by atoms with Gasteiger partial charge in [-0.15, -0.1) is 0 Å². The van der Waals surface area contributed by atoms with Gasteiger partial charge < -0.3 is 10.5 Å². The molecular weight excluding hydrogens is 242 g/mol. The first-order valence-electron chi connectivity index (χ1n) is 4.58. The van der Waals surface area contributed by atoms with Gasteiger partial charge in [0.05, 0.1) is 12.0 Å². The normalized spacial score (nSPS) is 11.3. The Balaban J connectivity index is 2.58. The molecule has 0 aliphatic carbocycles. The lowest BCUT2D eigenvalue weighted by Gasteiger charge is -2.07. The molecule has 0 fully saturated rings. The summed E-state index contributed by atoms with van der Waals surface area (Å²) >= 11 is 0. The molecule has 1 rings (SSSR count). The molecule has 1 aromatic rings. The molecule has 0 amide bonds. The number of nitrogen functional groups attached to an aromatic ring is 1. The van der Waals surface area contributed by atoms with Crippen LogP contribution in [0.15, 0.2) is 18.2 Å². The van der Waals surface area contributed by atoms with Crippen LogP contribution in [0.2, 0.25) is 0 Å². The Bertz CT molecular complexity index is 397. The Morgan fingerprint density at radius 1 is 1.29 bits per heavy atom. The second kappa shape index (κ2) is 5.03. The molecule has 94 valence electrons. The topological polar surface area (TPSA) is 52.3 Å². The molecule has 17 heavy (non-hydrogen) atoms. The predicted octanol–water partition coefficient (Wildman–Crippen LogP) is 2.52. The largest absolute Gasteiger partial charge is 0.462 e. The Morgan fingerprint density at radius 3 is 2.47 bits per heavy atom. The lowest BCUT2D eigenvalue weighted by Crippen LogP contribution is -2.15. The molecule has 0 unspecified atom stereocenters. The molecule has 1 aromatic carbocycles. The quantitative estimate of drug-likeness (QED) is 0.510.